The molecule has 1 heterocycles. The highest BCUT2D eigenvalue weighted by molar-refractivity contribution is 7.86. The lowest BCUT2D eigenvalue weighted by Crippen LogP contribution is -2.56. The molecule has 8 nitrogen and oxygen atoms in total. The van der Waals surface area contributed by atoms with Gasteiger partial charge in [0.05, 0.1) is 5.57 Å². The number of hydrogen-bond donors (Lipinski definition) is 2. The van der Waals surface area contributed by atoms with Gasteiger partial charge in [-0.3, -0.25) is 14.2 Å². The van der Waals surface area contributed by atoms with Crippen molar-refractivity contribution in [3.8, 4) is 5.75 Å². The fraction of sp³-hybridized carbons (Fsp3) is 0.231. The maximum Gasteiger partial charge on any atom is 0.417 e. The minimum atomic E-state index is -5.30. The van der Waals surface area contributed by atoms with Crippen molar-refractivity contribution >= 4 is 22.4 Å². The van der Waals surface area contributed by atoms with Crippen LogP contribution in [-0.4, -0.2) is 48.5 Å². The average molecular weight is 380 g/mol. The standard InChI is InChI=1S/C13H11F3N2O6S/c14-13(15,16)10-5-17-12(20)18(11(10)25(21,22)23)7-24-9-3-1-8(6-19)2-4-9/h1-6,11H,7H2,(H,17,20)(H,21,22,23). The first-order valence-electron chi connectivity index (χ1n) is 6.53. The van der Waals surface area contributed by atoms with E-state index in [2.05, 4.69) is 0 Å². The molecule has 0 bridgehead atoms. The van der Waals surface area contributed by atoms with Crippen LogP contribution in [0.2, 0.25) is 0 Å². The topological polar surface area (TPSA) is 113 Å². The van der Waals surface area contributed by atoms with Crippen LogP contribution in [-0.2, 0) is 10.1 Å². The molecular formula is C13H11F3N2O6S. The molecule has 0 aliphatic carbocycles. The number of carbonyl (C=O) groups is 2. The molecule has 1 aliphatic heterocycles. The Labute approximate surface area is 139 Å². The second-order valence-electron chi connectivity index (χ2n) is 4.84. The SMILES string of the molecule is O=Cc1ccc(OCN2C(=O)NC=C(C(F)(F)F)C2S(=O)(=O)O)cc1. The van der Waals surface area contributed by atoms with E-state index >= 15 is 0 Å². The van der Waals surface area contributed by atoms with Crippen LogP contribution in [0, 0.1) is 0 Å². The highest BCUT2D eigenvalue weighted by Gasteiger charge is 2.50. The zero-order valence-electron chi connectivity index (χ0n) is 12.2. The van der Waals surface area contributed by atoms with Gasteiger partial charge in [0.2, 0.25) is 0 Å². The van der Waals surface area contributed by atoms with E-state index in [1.165, 1.54) is 24.3 Å². The van der Waals surface area contributed by atoms with Crippen LogP contribution in [0.25, 0.3) is 0 Å². The van der Waals surface area contributed by atoms with Gasteiger partial charge in [-0.2, -0.15) is 21.6 Å². The van der Waals surface area contributed by atoms with E-state index in [-0.39, 0.29) is 16.8 Å². The van der Waals surface area contributed by atoms with Gasteiger partial charge >= 0.3 is 12.2 Å². The molecule has 0 fully saturated rings. The lowest BCUT2D eigenvalue weighted by atomic mass is 10.2. The van der Waals surface area contributed by atoms with E-state index in [1.807, 2.05) is 0 Å². The summed E-state index contributed by atoms with van der Waals surface area (Å²) in [7, 11) is -5.30. The number of rotatable bonds is 5. The Hall–Kier alpha value is -2.60. The van der Waals surface area contributed by atoms with Crippen molar-refractivity contribution in [1.82, 2.24) is 10.2 Å². The molecule has 0 radical (unpaired) electrons. The Morgan fingerprint density at radius 2 is 1.88 bits per heavy atom. The van der Waals surface area contributed by atoms with Gasteiger partial charge in [0.25, 0.3) is 10.1 Å². The van der Waals surface area contributed by atoms with Crippen molar-refractivity contribution in [1.29, 1.82) is 0 Å². The Morgan fingerprint density at radius 1 is 1.28 bits per heavy atom. The summed E-state index contributed by atoms with van der Waals surface area (Å²) in [5.41, 5.74) is -1.37. The van der Waals surface area contributed by atoms with E-state index in [4.69, 9.17) is 9.29 Å². The smallest absolute Gasteiger partial charge is 0.417 e. The number of hydrogen-bond acceptors (Lipinski definition) is 5. The highest BCUT2D eigenvalue weighted by Crippen LogP contribution is 2.34. The third-order valence-electron chi connectivity index (χ3n) is 3.16. The van der Waals surface area contributed by atoms with Gasteiger partial charge in [-0.05, 0) is 24.3 Å². The Bertz CT molecular complexity index is 804. The van der Waals surface area contributed by atoms with Crippen LogP contribution in [0.5, 0.6) is 5.75 Å². The summed E-state index contributed by atoms with van der Waals surface area (Å²) in [6.07, 6.45) is -4.38. The molecule has 25 heavy (non-hydrogen) atoms. The summed E-state index contributed by atoms with van der Waals surface area (Å²) in [4.78, 5) is 22.5. The van der Waals surface area contributed by atoms with Crippen LogP contribution in [0.3, 0.4) is 0 Å². The van der Waals surface area contributed by atoms with E-state index in [9.17, 15) is 31.2 Å². The number of halogens is 3. The van der Waals surface area contributed by atoms with Crippen molar-refractivity contribution in [3.63, 3.8) is 0 Å². The maximum absolute atomic E-state index is 13.0. The second-order valence-corrected chi connectivity index (χ2v) is 6.32. The fourth-order valence-corrected chi connectivity index (χ4v) is 3.02. The zero-order valence-corrected chi connectivity index (χ0v) is 13.0. The van der Waals surface area contributed by atoms with Gasteiger partial charge < -0.3 is 10.1 Å². The van der Waals surface area contributed by atoms with Gasteiger partial charge in [-0.1, -0.05) is 0 Å². The summed E-state index contributed by atoms with van der Waals surface area (Å²) < 4.78 is 75.9. The summed E-state index contributed by atoms with van der Waals surface area (Å²) >= 11 is 0. The lowest BCUT2D eigenvalue weighted by Gasteiger charge is -2.34. The van der Waals surface area contributed by atoms with Gasteiger partial charge in [0, 0.05) is 11.8 Å². The minimum Gasteiger partial charge on any atom is -0.473 e. The lowest BCUT2D eigenvalue weighted by molar-refractivity contribution is -0.0992. The number of ether oxygens (including phenoxy) is 1. The number of amides is 2. The van der Waals surface area contributed by atoms with Crippen molar-refractivity contribution in [2.75, 3.05) is 6.73 Å². The molecule has 1 aromatic rings. The van der Waals surface area contributed by atoms with Crippen molar-refractivity contribution < 1.29 is 40.5 Å². The quantitative estimate of drug-likeness (QED) is 0.592. The maximum atomic E-state index is 13.0. The van der Waals surface area contributed by atoms with E-state index in [0.717, 1.165) is 0 Å². The van der Waals surface area contributed by atoms with Crippen LogP contribution in [0.1, 0.15) is 10.4 Å². The predicted octanol–water partition coefficient (Wildman–Crippen LogP) is 1.52. The Kier molecular flexibility index (Phi) is 5.04. The Balaban J connectivity index is 2.28. The largest absolute Gasteiger partial charge is 0.473 e. The summed E-state index contributed by atoms with van der Waals surface area (Å²) in [6, 6.07) is 4.09. The highest BCUT2D eigenvalue weighted by atomic mass is 32.2. The van der Waals surface area contributed by atoms with Crippen molar-refractivity contribution in [3.05, 3.63) is 41.6 Å². The average Bonchev–Trinajstić information content (AvgIpc) is 2.51. The predicted molar refractivity (Wildman–Crippen MR) is 77.2 cm³/mol. The van der Waals surface area contributed by atoms with Gasteiger partial charge in [0.15, 0.2) is 12.1 Å². The summed E-state index contributed by atoms with van der Waals surface area (Å²) in [5, 5.41) is -0.922. The Morgan fingerprint density at radius 3 is 2.36 bits per heavy atom. The van der Waals surface area contributed by atoms with Crippen LogP contribution in [0.4, 0.5) is 18.0 Å². The molecule has 0 aromatic heterocycles. The minimum absolute atomic E-state index is 0.0654. The third kappa shape index (κ3) is 4.28. The van der Waals surface area contributed by atoms with Crippen LogP contribution in [0.15, 0.2) is 36.0 Å². The summed E-state index contributed by atoms with van der Waals surface area (Å²) in [5.74, 6) is 0.0654. The monoisotopic (exact) mass is 380 g/mol. The molecule has 1 unspecified atom stereocenters. The molecule has 2 rings (SSSR count). The number of alkyl halides is 3. The molecular weight excluding hydrogens is 369 g/mol. The first-order valence-corrected chi connectivity index (χ1v) is 8.03. The van der Waals surface area contributed by atoms with E-state index < -0.39 is 40.0 Å². The van der Waals surface area contributed by atoms with E-state index in [0.29, 0.717) is 11.8 Å². The molecule has 0 spiro atoms. The molecule has 2 amide bonds. The fourth-order valence-electron chi connectivity index (χ4n) is 2.02. The molecule has 0 saturated carbocycles. The van der Waals surface area contributed by atoms with Crippen LogP contribution >= 0.6 is 0 Å². The molecule has 2 N–H and O–H groups in total. The molecule has 136 valence electrons. The molecule has 12 heteroatoms. The number of carbonyl (C=O) groups excluding carboxylic acids is 2. The molecule has 0 saturated heterocycles. The number of nitrogens with one attached hydrogen (secondary N) is 1. The normalized spacial score (nSPS) is 18.4. The zero-order chi connectivity index (χ0) is 18.8. The number of aldehydes is 1. The van der Waals surface area contributed by atoms with Crippen molar-refractivity contribution in [2.45, 2.75) is 11.6 Å². The van der Waals surface area contributed by atoms with Gasteiger partial charge in [-0.25, -0.2) is 4.79 Å². The number of nitrogens with zero attached hydrogens (tertiary/aromatic N) is 1. The number of benzene rings is 1. The third-order valence-corrected chi connectivity index (χ3v) is 4.23. The van der Waals surface area contributed by atoms with Gasteiger partial charge in [-0.15, -0.1) is 0 Å². The molecule has 1 atom stereocenters. The first kappa shape index (κ1) is 18.7. The second kappa shape index (κ2) is 6.72. The molecule has 1 aromatic carbocycles. The molecule has 1 aliphatic rings. The van der Waals surface area contributed by atoms with Crippen molar-refractivity contribution in [2.24, 2.45) is 0 Å². The van der Waals surface area contributed by atoms with Gasteiger partial charge in [0.1, 0.15) is 12.0 Å². The summed E-state index contributed by atoms with van der Waals surface area (Å²) in [6.45, 7) is -0.899. The van der Waals surface area contributed by atoms with E-state index in [1.54, 1.807) is 5.32 Å². The van der Waals surface area contributed by atoms with Crippen LogP contribution < -0.4 is 10.1 Å². The number of urea groups is 1. The first-order chi connectivity index (χ1) is 11.5.